The average Bonchev–Trinajstić information content (AvgIpc) is 2.05. The second kappa shape index (κ2) is 6.04. The zero-order valence-corrected chi connectivity index (χ0v) is 9.10. The summed E-state index contributed by atoms with van der Waals surface area (Å²) in [7, 11) is 0.446. The van der Waals surface area contributed by atoms with Gasteiger partial charge in [0.15, 0.2) is 0 Å². The fourth-order valence-electron chi connectivity index (χ4n) is 0.803. The fourth-order valence-corrected chi connectivity index (χ4v) is 0.803. The molecule has 1 radical (unpaired) electrons. The zero-order chi connectivity index (χ0) is 8.97. The van der Waals surface area contributed by atoms with Crippen molar-refractivity contribution in [3.63, 3.8) is 0 Å². The molecule has 4 nitrogen and oxygen atoms in total. The van der Waals surface area contributed by atoms with Crippen molar-refractivity contribution in [2.24, 2.45) is 0 Å². The largest absolute Gasteiger partial charge is 1.00 e. The van der Waals surface area contributed by atoms with E-state index >= 15 is 0 Å². The first-order valence-corrected chi connectivity index (χ1v) is 3.20. The Morgan fingerprint density at radius 1 is 1.46 bits per heavy atom. The molecule has 0 unspecified atom stereocenters. The maximum absolute atomic E-state index is 10.5. The first-order chi connectivity index (χ1) is 5.75. The number of hydrogen-bond acceptors (Lipinski definition) is 3. The van der Waals surface area contributed by atoms with Crippen molar-refractivity contribution in [2.75, 3.05) is 0 Å². The summed E-state index contributed by atoms with van der Waals surface area (Å²) in [6.45, 7) is 0. The van der Waals surface area contributed by atoms with Crippen LogP contribution < -0.4 is 34.2 Å². The van der Waals surface area contributed by atoms with E-state index in [1.807, 2.05) is 0 Å². The number of hydrogen-bond donors (Lipinski definition) is 2. The van der Waals surface area contributed by atoms with Gasteiger partial charge in [0.25, 0.3) is 0 Å². The van der Waals surface area contributed by atoms with Crippen LogP contribution >= 0.6 is 0 Å². The molecule has 0 atom stereocenters. The SMILES string of the molecule is O=C(O)c1ccccc1O[B]O.[H-].[Na+]. The van der Waals surface area contributed by atoms with Gasteiger partial charge in [-0.2, -0.15) is 0 Å². The zero-order valence-electron chi connectivity index (χ0n) is 8.10. The molecular weight excluding hydrogens is 182 g/mol. The molecule has 0 bridgehead atoms. The van der Waals surface area contributed by atoms with Gasteiger partial charge in [0, 0.05) is 0 Å². The first kappa shape index (κ1) is 12.5. The van der Waals surface area contributed by atoms with Gasteiger partial charge in [-0.05, 0) is 12.1 Å². The predicted molar refractivity (Wildman–Crippen MR) is 43.1 cm³/mol. The first-order valence-electron chi connectivity index (χ1n) is 3.20. The quantitative estimate of drug-likeness (QED) is 0.512. The number of carboxylic acid groups (broad SMARTS) is 1. The molecule has 1 rings (SSSR count). The Morgan fingerprint density at radius 2 is 2.08 bits per heavy atom. The van der Waals surface area contributed by atoms with Gasteiger partial charge in [-0.25, -0.2) is 4.79 Å². The molecule has 0 saturated heterocycles. The summed E-state index contributed by atoms with van der Waals surface area (Å²) in [4.78, 5) is 10.5. The maximum atomic E-state index is 10.5. The van der Waals surface area contributed by atoms with E-state index in [0.717, 1.165) is 0 Å². The van der Waals surface area contributed by atoms with Crippen molar-refractivity contribution in [3.05, 3.63) is 29.8 Å². The normalized spacial score (nSPS) is 8.38. The molecule has 0 aliphatic heterocycles. The predicted octanol–water partition coefficient (Wildman–Crippen LogP) is -2.59. The van der Waals surface area contributed by atoms with Crippen LogP contribution in [0.1, 0.15) is 11.8 Å². The summed E-state index contributed by atoms with van der Waals surface area (Å²) >= 11 is 0. The third kappa shape index (κ3) is 3.40. The second-order valence-corrected chi connectivity index (χ2v) is 2.02. The number of para-hydroxylation sites is 1. The summed E-state index contributed by atoms with van der Waals surface area (Å²) in [5, 5.41) is 16.9. The van der Waals surface area contributed by atoms with Gasteiger partial charge in [-0.15, -0.1) is 0 Å². The molecule has 13 heavy (non-hydrogen) atoms. The fraction of sp³-hybridized carbons (Fsp3) is 0. The number of benzene rings is 1. The van der Waals surface area contributed by atoms with Crippen molar-refractivity contribution in [1.29, 1.82) is 0 Å². The van der Waals surface area contributed by atoms with E-state index in [4.69, 9.17) is 10.1 Å². The molecule has 0 heterocycles. The van der Waals surface area contributed by atoms with E-state index in [2.05, 4.69) is 4.65 Å². The van der Waals surface area contributed by atoms with Crippen molar-refractivity contribution >= 4 is 13.7 Å². The minimum Gasteiger partial charge on any atom is -1.00 e. The molecule has 0 spiro atoms. The molecule has 6 heteroatoms. The van der Waals surface area contributed by atoms with Crippen LogP contribution in [0.4, 0.5) is 0 Å². The van der Waals surface area contributed by atoms with E-state index in [-0.39, 0.29) is 42.3 Å². The van der Waals surface area contributed by atoms with Gasteiger partial charge < -0.3 is 16.2 Å². The third-order valence-corrected chi connectivity index (χ3v) is 1.30. The van der Waals surface area contributed by atoms with E-state index in [9.17, 15) is 4.79 Å². The van der Waals surface area contributed by atoms with Crippen molar-refractivity contribution < 1.29 is 50.6 Å². The summed E-state index contributed by atoms with van der Waals surface area (Å²) in [6, 6.07) is 6.04. The van der Waals surface area contributed by atoms with Gasteiger partial charge in [-0.3, -0.25) is 0 Å². The molecular formula is C7H7BNaO4. The molecule has 0 aliphatic carbocycles. The van der Waals surface area contributed by atoms with Crippen LogP contribution in [-0.4, -0.2) is 23.8 Å². The van der Waals surface area contributed by atoms with E-state index in [1.165, 1.54) is 12.1 Å². The number of carboxylic acids is 1. The van der Waals surface area contributed by atoms with Crippen molar-refractivity contribution in [3.8, 4) is 5.75 Å². The summed E-state index contributed by atoms with van der Waals surface area (Å²) in [5.41, 5.74) is 0.0165. The van der Waals surface area contributed by atoms with Crippen molar-refractivity contribution in [2.45, 2.75) is 0 Å². The second-order valence-electron chi connectivity index (χ2n) is 2.02. The smallest absolute Gasteiger partial charge is 1.00 e. The van der Waals surface area contributed by atoms with Crippen LogP contribution in [0, 0.1) is 0 Å². The molecule has 1 aromatic rings. The molecule has 2 N–H and O–H groups in total. The van der Waals surface area contributed by atoms with E-state index < -0.39 is 5.97 Å². The number of aromatic carboxylic acids is 1. The van der Waals surface area contributed by atoms with Crippen LogP contribution in [0.15, 0.2) is 24.3 Å². The molecule has 0 saturated carbocycles. The van der Waals surface area contributed by atoms with E-state index in [1.54, 1.807) is 12.1 Å². The molecule has 1 aromatic carbocycles. The van der Waals surface area contributed by atoms with Crippen molar-refractivity contribution in [1.82, 2.24) is 0 Å². The Kier molecular flexibility index (Phi) is 5.82. The van der Waals surface area contributed by atoms with Crippen LogP contribution in [-0.2, 0) is 0 Å². The Labute approximate surface area is 99.6 Å². The number of rotatable bonds is 3. The Hall–Kier alpha value is -0.485. The summed E-state index contributed by atoms with van der Waals surface area (Å²) in [5.74, 6) is -0.972. The van der Waals surface area contributed by atoms with Gasteiger partial charge in [0.2, 0.25) is 0 Å². The van der Waals surface area contributed by atoms with Crippen LogP contribution in [0.3, 0.4) is 0 Å². The maximum Gasteiger partial charge on any atom is 1.00 e. The Bertz CT molecular complexity index is 297. The van der Waals surface area contributed by atoms with Crippen LogP contribution in [0.5, 0.6) is 5.75 Å². The van der Waals surface area contributed by atoms with Gasteiger partial charge in [0.05, 0.1) is 5.56 Å². The van der Waals surface area contributed by atoms with Crippen LogP contribution in [0.2, 0.25) is 0 Å². The monoisotopic (exact) mass is 189 g/mol. The minimum atomic E-state index is -1.09. The summed E-state index contributed by atoms with van der Waals surface area (Å²) in [6.07, 6.45) is 0. The van der Waals surface area contributed by atoms with Gasteiger partial charge in [-0.1, -0.05) is 12.1 Å². The third-order valence-electron chi connectivity index (χ3n) is 1.30. The molecule has 63 valence electrons. The summed E-state index contributed by atoms with van der Waals surface area (Å²) < 4.78 is 4.55. The topological polar surface area (TPSA) is 66.8 Å². The minimum absolute atomic E-state index is 0. The van der Waals surface area contributed by atoms with Gasteiger partial charge >= 0.3 is 43.2 Å². The number of carbonyl (C=O) groups is 1. The Morgan fingerprint density at radius 3 is 2.62 bits per heavy atom. The standard InChI is InChI=1S/C7H6BO4.Na.H/c9-7(10)5-3-1-2-4-6(5)12-8-11;;/h1-4,11H,(H,9,10);;/q;+1;-1. The Balaban J connectivity index is 0. The average molecular weight is 189 g/mol. The molecule has 0 aliphatic rings. The molecule has 0 amide bonds. The van der Waals surface area contributed by atoms with E-state index in [0.29, 0.717) is 7.69 Å². The van der Waals surface area contributed by atoms with Gasteiger partial charge in [0.1, 0.15) is 5.75 Å². The molecule has 0 fully saturated rings. The van der Waals surface area contributed by atoms with Crippen LogP contribution in [0.25, 0.3) is 0 Å². The molecule has 0 aromatic heterocycles.